The Morgan fingerprint density at radius 3 is 1.14 bits per heavy atom. The van der Waals surface area contributed by atoms with E-state index in [1.54, 1.807) is 6.08 Å². The minimum Gasteiger partial charge on any atom is -0.394 e. The second kappa shape index (κ2) is 47.9. The van der Waals surface area contributed by atoms with Gasteiger partial charge in [0.2, 0.25) is 5.91 Å². The van der Waals surface area contributed by atoms with Crippen LogP contribution in [0.15, 0.2) is 134 Å². The van der Waals surface area contributed by atoms with Crippen molar-refractivity contribution in [3.05, 3.63) is 134 Å². The van der Waals surface area contributed by atoms with Crippen molar-refractivity contribution in [1.29, 1.82) is 0 Å². The molecule has 0 fully saturated rings. The fourth-order valence-corrected chi connectivity index (χ4v) is 6.09. The molecular weight excluding hydrogens is 711 g/mol. The summed E-state index contributed by atoms with van der Waals surface area (Å²) in [6, 6.07) is -0.628. The van der Waals surface area contributed by atoms with Crippen LogP contribution in [0, 0.1) is 0 Å². The monoisotopic (exact) mass is 798 g/mol. The first-order valence-electron chi connectivity index (χ1n) is 23.4. The molecule has 4 heteroatoms. The summed E-state index contributed by atoms with van der Waals surface area (Å²) in [4.78, 5) is 12.3. The molecule has 2 atom stereocenters. The minimum atomic E-state index is -0.844. The van der Waals surface area contributed by atoms with E-state index in [9.17, 15) is 15.0 Å². The van der Waals surface area contributed by atoms with Gasteiger partial charge in [-0.2, -0.15) is 0 Å². The maximum absolute atomic E-state index is 12.3. The van der Waals surface area contributed by atoms with E-state index < -0.39 is 12.1 Å². The lowest BCUT2D eigenvalue weighted by atomic mass is 10.0. The van der Waals surface area contributed by atoms with Crippen molar-refractivity contribution in [2.45, 2.75) is 193 Å². The molecule has 0 radical (unpaired) electrons. The number of aliphatic hydroxyl groups is 2. The quantitative estimate of drug-likeness (QED) is 0.0427. The van der Waals surface area contributed by atoms with Crippen LogP contribution < -0.4 is 5.32 Å². The van der Waals surface area contributed by atoms with Crippen molar-refractivity contribution in [3.63, 3.8) is 0 Å². The molecule has 2 unspecified atom stereocenters. The van der Waals surface area contributed by atoms with Gasteiger partial charge in [-0.1, -0.05) is 212 Å². The van der Waals surface area contributed by atoms with E-state index >= 15 is 0 Å². The molecule has 3 N–H and O–H groups in total. The van der Waals surface area contributed by atoms with Crippen LogP contribution in [-0.2, 0) is 4.79 Å². The van der Waals surface area contributed by atoms with Crippen molar-refractivity contribution in [1.82, 2.24) is 5.32 Å². The van der Waals surface area contributed by atoms with Crippen molar-refractivity contribution < 1.29 is 15.0 Å². The fourth-order valence-electron chi connectivity index (χ4n) is 6.09. The molecule has 0 aliphatic heterocycles. The van der Waals surface area contributed by atoms with Crippen LogP contribution in [0.25, 0.3) is 0 Å². The molecule has 0 aliphatic carbocycles. The molecule has 0 aromatic carbocycles. The Hall–Kier alpha value is -3.47. The lowest BCUT2D eigenvalue weighted by Gasteiger charge is -2.20. The number of nitrogens with one attached hydrogen (secondary N) is 1. The maximum Gasteiger partial charge on any atom is 0.220 e. The predicted molar refractivity (Wildman–Crippen MR) is 257 cm³/mol. The van der Waals surface area contributed by atoms with Crippen LogP contribution in [0.3, 0.4) is 0 Å². The first-order valence-corrected chi connectivity index (χ1v) is 23.4. The SMILES string of the molecule is CC/C=C\C/C=C\C/C=C\C/C=C\C/C=C\C/C=C\C/C=C\C/C=C\C/C=C\C/C=C\CCCCCCCCCCCCC(=O)NC(CO)C(O)/C=C/CCCCC. The van der Waals surface area contributed by atoms with Gasteiger partial charge in [-0.05, 0) is 96.3 Å². The number of hydrogen-bond acceptors (Lipinski definition) is 3. The van der Waals surface area contributed by atoms with Crippen molar-refractivity contribution in [3.8, 4) is 0 Å². The minimum absolute atomic E-state index is 0.0833. The highest BCUT2D eigenvalue weighted by Crippen LogP contribution is 2.13. The lowest BCUT2D eigenvalue weighted by Crippen LogP contribution is -2.45. The number of carbonyl (C=O) groups excluding carboxylic acids is 1. The Morgan fingerprint density at radius 2 is 0.759 bits per heavy atom. The van der Waals surface area contributed by atoms with Gasteiger partial charge in [0.1, 0.15) is 0 Å². The first kappa shape index (κ1) is 54.5. The zero-order chi connectivity index (χ0) is 42.1. The largest absolute Gasteiger partial charge is 0.394 e. The van der Waals surface area contributed by atoms with E-state index in [0.29, 0.717) is 6.42 Å². The molecule has 0 heterocycles. The standard InChI is InChI=1S/C54H87NO3/c1-3-5-7-9-10-11-12-13-14-15-16-17-18-19-20-21-22-23-24-25-26-27-28-29-30-31-32-33-34-35-36-37-38-39-40-41-42-43-44-46-48-50-54(58)55-52(51-56)53(57)49-47-45-8-6-4-2/h5,7,10-11,13-14,16-17,19-20,22-23,25-26,28-29,31-32,34-35,47,49,52-53,56-57H,3-4,6,8-9,12,15,18,21,24,27,30,33,36-46,48,50-51H2,1-2H3,(H,55,58)/b7-5-,11-10-,14-13-,17-16-,20-19-,23-22-,26-25-,29-28-,32-31-,35-34-,49-47+. The summed E-state index contributed by atoms with van der Waals surface area (Å²) in [6.07, 6.45) is 76.1. The van der Waals surface area contributed by atoms with Crippen LogP contribution in [-0.4, -0.2) is 34.9 Å². The molecule has 0 aliphatic rings. The molecule has 0 aromatic rings. The van der Waals surface area contributed by atoms with Gasteiger partial charge in [0.15, 0.2) is 0 Å². The van der Waals surface area contributed by atoms with Crippen molar-refractivity contribution in [2.75, 3.05) is 6.61 Å². The number of amides is 1. The van der Waals surface area contributed by atoms with Crippen LogP contribution in [0.1, 0.15) is 181 Å². The zero-order valence-electron chi connectivity index (χ0n) is 37.3. The molecule has 0 aromatic heterocycles. The summed E-state index contributed by atoms with van der Waals surface area (Å²) >= 11 is 0. The van der Waals surface area contributed by atoms with Crippen molar-refractivity contribution >= 4 is 5.91 Å². The van der Waals surface area contributed by atoms with Crippen LogP contribution in [0.4, 0.5) is 0 Å². The molecule has 326 valence electrons. The molecule has 58 heavy (non-hydrogen) atoms. The van der Waals surface area contributed by atoms with Gasteiger partial charge in [-0.25, -0.2) is 0 Å². The highest BCUT2D eigenvalue weighted by Gasteiger charge is 2.17. The highest BCUT2D eigenvalue weighted by molar-refractivity contribution is 5.76. The third-order valence-corrected chi connectivity index (χ3v) is 9.64. The van der Waals surface area contributed by atoms with E-state index in [1.807, 2.05) is 6.08 Å². The molecule has 0 spiro atoms. The summed E-state index contributed by atoms with van der Waals surface area (Å²) < 4.78 is 0. The zero-order valence-corrected chi connectivity index (χ0v) is 37.3. The third-order valence-electron chi connectivity index (χ3n) is 9.64. The molecular formula is C54H87NO3. The Bertz CT molecular complexity index is 1220. The normalized spacial score (nSPS) is 14.2. The molecule has 0 saturated carbocycles. The van der Waals surface area contributed by atoms with Gasteiger partial charge < -0.3 is 15.5 Å². The van der Waals surface area contributed by atoms with Gasteiger partial charge in [-0.3, -0.25) is 4.79 Å². The third kappa shape index (κ3) is 43.6. The van der Waals surface area contributed by atoms with Gasteiger partial charge in [0.25, 0.3) is 0 Å². The summed E-state index contributed by atoms with van der Waals surface area (Å²) in [5.74, 6) is -0.0833. The number of aliphatic hydroxyl groups excluding tert-OH is 2. The van der Waals surface area contributed by atoms with E-state index in [-0.39, 0.29) is 12.5 Å². The average molecular weight is 798 g/mol. The number of allylic oxidation sites excluding steroid dienone is 21. The van der Waals surface area contributed by atoms with Crippen LogP contribution in [0.5, 0.6) is 0 Å². The summed E-state index contributed by atoms with van der Waals surface area (Å²) in [7, 11) is 0. The Morgan fingerprint density at radius 1 is 0.431 bits per heavy atom. The van der Waals surface area contributed by atoms with E-state index in [0.717, 1.165) is 96.3 Å². The first-order chi connectivity index (χ1) is 28.7. The molecule has 0 bridgehead atoms. The molecule has 1 amide bonds. The average Bonchev–Trinajstić information content (AvgIpc) is 3.23. The lowest BCUT2D eigenvalue weighted by molar-refractivity contribution is -0.123. The van der Waals surface area contributed by atoms with E-state index in [2.05, 4.69) is 141 Å². The van der Waals surface area contributed by atoms with Gasteiger partial charge >= 0.3 is 0 Å². The van der Waals surface area contributed by atoms with Crippen LogP contribution >= 0.6 is 0 Å². The molecule has 0 rings (SSSR count). The topological polar surface area (TPSA) is 69.6 Å². The number of carbonyl (C=O) groups is 1. The smallest absolute Gasteiger partial charge is 0.220 e. The van der Waals surface area contributed by atoms with E-state index in [4.69, 9.17) is 0 Å². The second-order valence-electron chi connectivity index (χ2n) is 15.1. The van der Waals surface area contributed by atoms with Gasteiger partial charge in [0.05, 0.1) is 18.8 Å². The summed E-state index contributed by atoms with van der Waals surface area (Å²) in [5.41, 5.74) is 0. The fraction of sp³-hybridized carbons (Fsp3) is 0.574. The van der Waals surface area contributed by atoms with Gasteiger partial charge in [0, 0.05) is 6.42 Å². The predicted octanol–water partition coefficient (Wildman–Crippen LogP) is 15.1. The van der Waals surface area contributed by atoms with Crippen LogP contribution in [0.2, 0.25) is 0 Å². The summed E-state index contributed by atoms with van der Waals surface area (Å²) in [6.45, 7) is 4.07. The number of unbranched alkanes of at least 4 members (excludes halogenated alkanes) is 13. The van der Waals surface area contributed by atoms with Gasteiger partial charge in [-0.15, -0.1) is 0 Å². The maximum atomic E-state index is 12.3. The highest BCUT2D eigenvalue weighted by atomic mass is 16.3. The van der Waals surface area contributed by atoms with E-state index in [1.165, 1.54) is 64.2 Å². The Kier molecular flexibility index (Phi) is 45.0. The Balaban J connectivity index is 3.59. The Labute approximate surface area is 358 Å². The molecule has 4 nitrogen and oxygen atoms in total. The number of rotatable bonds is 40. The molecule has 0 saturated heterocycles. The second-order valence-corrected chi connectivity index (χ2v) is 15.1. The number of hydrogen-bond donors (Lipinski definition) is 3. The van der Waals surface area contributed by atoms with Crippen molar-refractivity contribution in [2.24, 2.45) is 0 Å². The summed E-state index contributed by atoms with van der Waals surface area (Å²) in [5, 5.41) is 22.6.